The van der Waals surface area contributed by atoms with Crippen molar-refractivity contribution in [2.24, 2.45) is 0 Å². The topological polar surface area (TPSA) is 161 Å². The fourth-order valence-electron chi connectivity index (χ4n) is 4.14. The number of nitrogens with one attached hydrogen (secondary N) is 1. The van der Waals surface area contributed by atoms with Gasteiger partial charge in [0, 0.05) is 12.1 Å². The van der Waals surface area contributed by atoms with Gasteiger partial charge in [0.1, 0.15) is 29.5 Å². The number of nitro groups is 1. The maximum absolute atomic E-state index is 13.4. The molecule has 2 heterocycles. The number of carbonyl (C=O) groups is 3. The van der Waals surface area contributed by atoms with Crippen LogP contribution in [0.3, 0.4) is 0 Å². The number of aliphatic hydroxyl groups is 1. The second-order valence-electron chi connectivity index (χ2n) is 9.31. The molecule has 0 spiro atoms. The number of β-lactam (4-membered cyclic amide) rings is 1. The number of esters is 1. The number of benzene rings is 3. The predicted molar refractivity (Wildman–Crippen MR) is 166 cm³/mol. The van der Waals surface area contributed by atoms with E-state index in [1.54, 1.807) is 24.3 Å². The molecule has 2 amide bonds. The zero-order chi connectivity index (χ0) is 31.2. The number of amides is 2. The largest absolute Gasteiger partial charge is 0.510 e. The summed E-state index contributed by atoms with van der Waals surface area (Å²) in [7, 11) is 2.46. The van der Waals surface area contributed by atoms with E-state index in [9.17, 15) is 29.6 Å². The number of carbonyl (C=O) groups excluding carboxylic acids is 3. The number of hydrogen-bond donors (Lipinski definition) is 2. The Labute approximate surface area is 262 Å². The summed E-state index contributed by atoms with van der Waals surface area (Å²) in [4.78, 5) is 55.3. The molecule has 12 nitrogen and oxygen atoms in total. The van der Waals surface area contributed by atoms with E-state index >= 15 is 0 Å². The van der Waals surface area contributed by atoms with Crippen LogP contribution in [0.25, 0.3) is 10.2 Å². The van der Waals surface area contributed by atoms with E-state index in [1.165, 1.54) is 64.1 Å². The monoisotopic (exact) mass is 652 g/mol. The molecule has 0 radical (unpaired) electrons. The highest BCUT2D eigenvalue weighted by atomic mass is 33.1. The number of rotatable bonds is 12. The van der Waals surface area contributed by atoms with E-state index in [0.717, 1.165) is 15.1 Å². The summed E-state index contributed by atoms with van der Waals surface area (Å²) in [5, 5.41) is 23.2. The number of aromatic nitrogens is 1. The Bertz CT molecular complexity index is 1690. The summed E-state index contributed by atoms with van der Waals surface area (Å²) in [5.74, 6) is -2.13. The van der Waals surface area contributed by atoms with Gasteiger partial charge in [-0.25, -0.2) is 9.78 Å². The Morgan fingerprint density at radius 1 is 1.09 bits per heavy atom. The molecule has 0 aliphatic carbocycles. The minimum absolute atomic E-state index is 0.120. The Balaban J connectivity index is 1.31. The van der Waals surface area contributed by atoms with E-state index in [4.69, 9.17) is 9.47 Å². The summed E-state index contributed by atoms with van der Waals surface area (Å²) in [6.07, 6.45) is 0. The van der Waals surface area contributed by atoms with Gasteiger partial charge >= 0.3 is 5.97 Å². The van der Waals surface area contributed by atoms with E-state index in [2.05, 4.69) is 10.3 Å². The Morgan fingerprint density at radius 2 is 1.80 bits per heavy atom. The third-order valence-corrected chi connectivity index (χ3v) is 10.3. The molecule has 4 aromatic rings. The van der Waals surface area contributed by atoms with E-state index in [0.29, 0.717) is 15.7 Å². The van der Waals surface area contributed by atoms with Crippen molar-refractivity contribution < 1.29 is 33.9 Å². The minimum atomic E-state index is -1.04. The summed E-state index contributed by atoms with van der Waals surface area (Å²) >= 11 is 1.45. The van der Waals surface area contributed by atoms with Crippen LogP contribution in [0.5, 0.6) is 5.75 Å². The van der Waals surface area contributed by atoms with Crippen molar-refractivity contribution in [2.75, 3.05) is 6.61 Å². The highest BCUT2D eigenvalue weighted by molar-refractivity contribution is 8.77. The van der Waals surface area contributed by atoms with Crippen molar-refractivity contribution in [2.45, 2.75) is 29.3 Å². The SMILES string of the molecule is C/C(O)=C(/C(=O)OCc1ccc([N+](=O)[O-])cc1)N1C(=O)[C@@H](NC(=O)COc2ccccc2)[C@H]1SSc1nc2ccccc2s1. The molecular formula is C29H24N4O8S3. The molecule has 3 aromatic carbocycles. The number of fused-ring (bicyclic) bond motifs is 1. The quantitative estimate of drug-likeness (QED) is 0.0393. The Morgan fingerprint density at radius 3 is 2.48 bits per heavy atom. The van der Waals surface area contributed by atoms with Gasteiger partial charge < -0.3 is 19.9 Å². The molecule has 0 unspecified atom stereocenters. The Kier molecular flexibility index (Phi) is 9.67. The second-order valence-corrected chi connectivity index (χ2v) is 12.9. The number of para-hydroxylation sites is 2. The summed E-state index contributed by atoms with van der Waals surface area (Å²) < 4.78 is 12.5. The first kappa shape index (κ1) is 30.8. The van der Waals surface area contributed by atoms with E-state index in [1.807, 2.05) is 30.3 Å². The van der Waals surface area contributed by atoms with Gasteiger partial charge in [0.25, 0.3) is 17.5 Å². The maximum atomic E-state index is 13.4. The van der Waals surface area contributed by atoms with Gasteiger partial charge in [-0.3, -0.25) is 24.6 Å². The molecule has 44 heavy (non-hydrogen) atoms. The number of nitrogens with zero attached hydrogens (tertiary/aromatic N) is 3. The average molecular weight is 653 g/mol. The number of hydrogen-bond acceptors (Lipinski definition) is 12. The van der Waals surface area contributed by atoms with Gasteiger partial charge in [-0.2, -0.15) is 0 Å². The van der Waals surface area contributed by atoms with Crippen molar-refractivity contribution in [3.05, 3.63) is 106 Å². The fraction of sp³-hybridized carbons (Fsp3) is 0.172. The van der Waals surface area contributed by atoms with Gasteiger partial charge in [0.05, 0.1) is 15.1 Å². The van der Waals surface area contributed by atoms with Gasteiger partial charge in [-0.1, -0.05) is 41.1 Å². The second kappa shape index (κ2) is 13.8. The third-order valence-electron chi connectivity index (χ3n) is 6.26. The number of thiazole rings is 1. The van der Waals surface area contributed by atoms with Crippen LogP contribution in [0.4, 0.5) is 5.69 Å². The van der Waals surface area contributed by atoms with Crippen molar-refractivity contribution in [1.82, 2.24) is 15.2 Å². The van der Waals surface area contributed by atoms with Gasteiger partial charge in [0.15, 0.2) is 16.6 Å². The first-order valence-corrected chi connectivity index (χ1v) is 16.0. The molecule has 226 valence electrons. The third kappa shape index (κ3) is 7.12. The van der Waals surface area contributed by atoms with Crippen molar-refractivity contribution >= 4 is 66.6 Å². The molecule has 15 heteroatoms. The van der Waals surface area contributed by atoms with Crippen molar-refractivity contribution in [3.63, 3.8) is 0 Å². The van der Waals surface area contributed by atoms with Crippen LogP contribution in [-0.2, 0) is 25.7 Å². The lowest BCUT2D eigenvalue weighted by Gasteiger charge is -2.46. The van der Waals surface area contributed by atoms with E-state index < -0.39 is 39.9 Å². The van der Waals surface area contributed by atoms with Crippen LogP contribution in [0.2, 0.25) is 0 Å². The van der Waals surface area contributed by atoms with Gasteiger partial charge in [-0.15, -0.1) is 11.3 Å². The molecule has 5 rings (SSSR count). The summed E-state index contributed by atoms with van der Waals surface area (Å²) in [5.41, 5.74) is 0.775. The summed E-state index contributed by atoms with van der Waals surface area (Å²) in [6, 6.07) is 20.7. The molecule has 1 aliphatic heterocycles. The number of ether oxygens (including phenoxy) is 2. The molecular weight excluding hydrogens is 629 g/mol. The molecule has 1 fully saturated rings. The zero-order valence-corrected chi connectivity index (χ0v) is 25.4. The van der Waals surface area contributed by atoms with Crippen LogP contribution in [0, 0.1) is 10.1 Å². The van der Waals surface area contributed by atoms with Crippen LogP contribution >= 0.6 is 32.9 Å². The van der Waals surface area contributed by atoms with Gasteiger partial charge in [0.2, 0.25) is 0 Å². The molecule has 0 saturated carbocycles. The van der Waals surface area contributed by atoms with Crippen LogP contribution in [0.1, 0.15) is 12.5 Å². The number of non-ortho nitro benzene ring substituents is 1. The standard InChI is InChI=1S/C29H24N4O8S3/c1-17(34)25(28(37)41-15-18-11-13-19(14-12-18)33(38)39)32-26(36)24(31-23(35)16-40-20-7-3-2-4-8-20)27(32)43-44-29-30-21-9-5-6-10-22(21)42-29/h2-14,24,27,34H,15-16H2,1H3,(H,31,35)/b25-17+/t24-,27-/m1/s1. The molecule has 2 atom stereocenters. The normalized spacial score (nSPS) is 16.6. The van der Waals surface area contributed by atoms with E-state index in [-0.39, 0.29) is 24.6 Å². The first-order valence-electron chi connectivity index (χ1n) is 13.0. The number of nitro benzene ring substituents is 1. The lowest BCUT2D eigenvalue weighted by molar-refractivity contribution is -0.384. The number of aliphatic hydroxyl groups excluding tert-OH is 1. The fourth-order valence-corrected chi connectivity index (χ4v) is 8.06. The smallest absolute Gasteiger partial charge is 0.358 e. The highest BCUT2D eigenvalue weighted by Gasteiger charge is 2.53. The molecule has 1 aliphatic rings. The van der Waals surface area contributed by atoms with Gasteiger partial charge in [-0.05, 0) is 59.7 Å². The van der Waals surface area contributed by atoms with Crippen LogP contribution < -0.4 is 10.1 Å². The molecule has 1 aromatic heterocycles. The molecule has 2 N–H and O–H groups in total. The van der Waals surface area contributed by atoms with Crippen molar-refractivity contribution in [3.8, 4) is 5.75 Å². The average Bonchev–Trinajstić information content (AvgIpc) is 3.45. The van der Waals surface area contributed by atoms with Crippen LogP contribution in [-0.4, -0.2) is 55.7 Å². The number of allylic oxidation sites excluding steroid dienone is 1. The lowest BCUT2D eigenvalue weighted by atomic mass is 10.1. The molecule has 1 saturated heterocycles. The summed E-state index contributed by atoms with van der Waals surface area (Å²) in [6.45, 7) is 0.651. The minimum Gasteiger partial charge on any atom is -0.510 e. The highest BCUT2D eigenvalue weighted by Crippen LogP contribution is 2.45. The Hall–Kier alpha value is -4.60. The van der Waals surface area contributed by atoms with Crippen LogP contribution in [0.15, 0.2) is 94.7 Å². The molecule has 0 bridgehead atoms. The number of likely N-dealkylation sites (tertiary alicyclic amines) is 1. The maximum Gasteiger partial charge on any atom is 0.358 e. The lowest BCUT2D eigenvalue weighted by Crippen LogP contribution is -2.69. The zero-order valence-electron chi connectivity index (χ0n) is 22.9. The van der Waals surface area contributed by atoms with Crippen molar-refractivity contribution in [1.29, 1.82) is 0 Å². The first-order chi connectivity index (χ1) is 21.2. The predicted octanol–water partition coefficient (Wildman–Crippen LogP) is 5.21.